The fourth-order valence-corrected chi connectivity index (χ4v) is 3.88. The van der Waals surface area contributed by atoms with E-state index in [2.05, 4.69) is 77.3 Å². The molecule has 0 aliphatic rings. The lowest BCUT2D eigenvalue weighted by Gasteiger charge is -2.09. The summed E-state index contributed by atoms with van der Waals surface area (Å²) < 4.78 is 8.12. The first-order valence-corrected chi connectivity index (χ1v) is 9.99. The summed E-state index contributed by atoms with van der Waals surface area (Å²) in [5.74, 6) is 0.626. The average Bonchev–Trinajstić information content (AvgIpc) is 3.36. The minimum Gasteiger partial charge on any atom is -0.437 e. The van der Waals surface area contributed by atoms with E-state index in [1.807, 2.05) is 30.3 Å². The van der Waals surface area contributed by atoms with Crippen molar-refractivity contribution < 1.29 is 4.42 Å². The van der Waals surface area contributed by atoms with Crippen LogP contribution in [-0.4, -0.2) is 9.55 Å². The molecule has 2 aromatic heterocycles. The molecule has 3 aromatic carbocycles. The Kier molecular flexibility index (Phi) is 4.49. The summed E-state index contributed by atoms with van der Waals surface area (Å²) in [5, 5.41) is 1.30. The third-order valence-corrected chi connectivity index (χ3v) is 5.29. The smallest absolute Gasteiger partial charge is 0.220 e. The number of rotatable bonds is 5. The van der Waals surface area contributed by atoms with Crippen LogP contribution in [0.4, 0.5) is 0 Å². The number of fused-ring (bicyclic) bond motifs is 2. The Morgan fingerprint density at radius 2 is 1.83 bits per heavy atom. The maximum Gasteiger partial charge on any atom is 0.220 e. The number of oxazole rings is 1. The van der Waals surface area contributed by atoms with Crippen LogP contribution in [0.2, 0.25) is 0 Å². The monoisotopic (exact) mass is 378 g/mol. The van der Waals surface area contributed by atoms with Crippen molar-refractivity contribution >= 4 is 34.2 Å². The first kappa shape index (κ1) is 17.5. The fourth-order valence-electron chi connectivity index (χ4n) is 3.88. The van der Waals surface area contributed by atoms with Crippen LogP contribution in [0, 0.1) is 0 Å². The largest absolute Gasteiger partial charge is 0.437 e. The first-order valence-electron chi connectivity index (χ1n) is 9.99. The van der Waals surface area contributed by atoms with Crippen LogP contribution in [0.1, 0.15) is 29.5 Å². The van der Waals surface area contributed by atoms with Crippen LogP contribution in [-0.2, 0) is 13.0 Å². The molecule has 3 heteroatoms. The molecular formula is C26H22N2O. The third kappa shape index (κ3) is 3.47. The predicted molar refractivity (Wildman–Crippen MR) is 120 cm³/mol. The third-order valence-electron chi connectivity index (χ3n) is 5.29. The summed E-state index contributed by atoms with van der Waals surface area (Å²) in [6, 6.07) is 25.2. The first-order chi connectivity index (χ1) is 14.3. The molecular weight excluding hydrogens is 356 g/mol. The van der Waals surface area contributed by atoms with Gasteiger partial charge in [-0.15, -0.1) is 0 Å². The number of benzene rings is 3. The van der Waals surface area contributed by atoms with Gasteiger partial charge in [0.2, 0.25) is 5.89 Å². The van der Waals surface area contributed by atoms with Crippen molar-refractivity contribution in [2.24, 2.45) is 0 Å². The van der Waals surface area contributed by atoms with Gasteiger partial charge in [-0.2, -0.15) is 0 Å². The highest BCUT2D eigenvalue weighted by atomic mass is 16.3. The summed E-state index contributed by atoms with van der Waals surface area (Å²) in [4.78, 5) is 4.51. The Hall–Kier alpha value is -3.59. The highest BCUT2D eigenvalue weighted by Crippen LogP contribution is 2.23. The second-order valence-electron chi connectivity index (χ2n) is 7.25. The molecule has 0 spiro atoms. The molecule has 0 aliphatic heterocycles. The van der Waals surface area contributed by atoms with Crippen molar-refractivity contribution in [3.8, 4) is 0 Å². The molecule has 2 heterocycles. The maximum atomic E-state index is 5.78. The second-order valence-corrected chi connectivity index (χ2v) is 7.25. The number of nitrogens with zero attached hydrogens (tertiary/aromatic N) is 2. The minimum absolute atomic E-state index is 0.626. The van der Waals surface area contributed by atoms with E-state index in [4.69, 9.17) is 4.42 Å². The van der Waals surface area contributed by atoms with E-state index in [0.29, 0.717) is 5.89 Å². The number of hydrogen-bond donors (Lipinski definition) is 0. The Labute approximate surface area is 169 Å². The van der Waals surface area contributed by atoms with Gasteiger partial charge >= 0.3 is 0 Å². The van der Waals surface area contributed by atoms with Crippen LogP contribution in [0.3, 0.4) is 0 Å². The summed E-state index contributed by atoms with van der Waals surface area (Å²) in [5.41, 5.74) is 6.83. The van der Waals surface area contributed by atoms with E-state index in [1.165, 1.54) is 22.0 Å². The van der Waals surface area contributed by atoms with Crippen molar-refractivity contribution in [3.05, 3.63) is 102 Å². The zero-order valence-corrected chi connectivity index (χ0v) is 16.4. The lowest BCUT2D eigenvalue weighted by Crippen LogP contribution is -2.00. The lowest BCUT2D eigenvalue weighted by atomic mass is 10.1. The topological polar surface area (TPSA) is 31.0 Å². The van der Waals surface area contributed by atoms with Gasteiger partial charge in [0.1, 0.15) is 5.52 Å². The lowest BCUT2D eigenvalue weighted by molar-refractivity contribution is 0.589. The summed E-state index contributed by atoms with van der Waals surface area (Å²) in [6.45, 7) is 3.06. The Balaban J connectivity index is 1.41. The van der Waals surface area contributed by atoms with Gasteiger partial charge in [0.15, 0.2) is 5.58 Å². The van der Waals surface area contributed by atoms with Crippen molar-refractivity contribution in [1.82, 2.24) is 9.55 Å². The molecule has 5 rings (SSSR count). The van der Waals surface area contributed by atoms with E-state index in [0.717, 1.165) is 29.6 Å². The molecule has 0 amide bonds. The average molecular weight is 378 g/mol. The number of aromatic nitrogens is 2. The maximum absolute atomic E-state index is 5.78. The van der Waals surface area contributed by atoms with E-state index in [-0.39, 0.29) is 0 Å². The van der Waals surface area contributed by atoms with Crippen LogP contribution in [0.25, 0.3) is 34.2 Å². The molecule has 29 heavy (non-hydrogen) atoms. The van der Waals surface area contributed by atoms with Crippen LogP contribution < -0.4 is 0 Å². The van der Waals surface area contributed by atoms with E-state index in [9.17, 15) is 0 Å². The van der Waals surface area contributed by atoms with E-state index >= 15 is 0 Å². The SMILES string of the molecule is CCc1cccc2ccn(Cc3cccc(/C=C/c4nc5ccccc5o4)c3)c12. The van der Waals surface area contributed by atoms with Gasteiger partial charge in [-0.1, -0.05) is 55.5 Å². The quantitative estimate of drug-likeness (QED) is 0.346. The van der Waals surface area contributed by atoms with Gasteiger partial charge in [0.05, 0.1) is 5.52 Å². The molecule has 142 valence electrons. The Morgan fingerprint density at radius 1 is 0.931 bits per heavy atom. The molecule has 0 aliphatic carbocycles. The number of para-hydroxylation sites is 3. The molecule has 0 atom stereocenters. The van der Waals surface area contributed by atoms with Gasteiger partial charge in [0, 0.05) is 18.8 Å². The Morgan fingerprint density at radius 3 is 2.72 bits per heavy atom. The normalized spacial score (nSPS) is 11.8. The van der Waals surface area contributed by atoms with Crippen molar-refractivity contribution in [2.45, 2.75) is 19.9 Å². The standard InChI is InChI=1S/C26H22N2O/c1-2-21-9-6-10-22-15-16-28(26(21)22)18-20-8-5-7-19(17-20)13-14-25-27-23-11-3-4-12-24(23)29-25/h3-17H,2,18H2,1H3/b14-13+. The molecule has 0 unspecified atom stereocenters. The number of aryl methyl sites for hydroxylation is 1. The van der Waals surface area contributed by atoms with E-state index in [1.54, 1.807) is 0 Å². The minimum atomic E-state index is 0.626. The van der Waals surface area contributed by atoms with Gasteiger partial charge in [-0.05, 0) is 58.8 Å². The zero-order valence-electron chi connectivity index (χ0n) is 16.4. The fraction of sp³-hybridized carbons (Fsp3) is 0.115. The van der Waals surface area contributed by atoms with Crippen molar-refractivity contribution in [2.75, 3.05) is 0 Å². The van der Waals surface area contributed by atoms with Crippen molar-refractivity contribution in [1.29, 1.82) is 0 Å². The molecule has 5 aromatic rings. The molecule has 0 radical (unpaired) electrons. The summed E-state index contributed by atoms with van der Waals surface area (Å²) >= 11 is 0. The molecule has 0 saturated heterocycles. The highest BCUT2D eigenvalue weighted by Gasteiger charge is 2.06. The Bertz CT molecular complexity index is 1290. The van der Waals surface area contributed by atoms with E-state index < -0.39 is 0 Å². The molecule has 0 bridgehead atoms. The van der Waals surface area contributed by atoms with Crippen LogP contribution in [0.15, 0.2) is 83.4 Å². The van der Waals surface area contributed by atoms with Crippen LogP contribution in [0.5, 0.6) is 0 Å². The van der Waals surface area contributed by atoms with Gasteiger partial charge in [-0.25, -0.2) is 4.98 Å². The molecule has 3 nitrogen and oxygen atoms in total. The predicted octanol–water partition coefficient (Wildman–Crippen LogP) is 6.56. The summed E-state index contributed by atoms with van der Waals surface area (Å²) in [7, 11) is 0. The zero-order chi connectivity index (χ0) is 19.6. The molecule has 0 N–H and O–H groups in total. The van der Waals surface area contributed by atoms with Crippen molar-refractivity contribution in [3.63, 3.8) is 0 Å². The highest BCUT2D eigenvalue weighted by molar-refractivity contribution is 5.83. The van der Waals surface area contributed by atoms with Gasteiger partial charge in [0.25, 0.3) is 0 Å². The molecule has 0 fully saturated rings. The molecule has 0 saturated carbocycles. The van der Waals surface area contributed by atoms with Crippen LogP contribution >= 0.6 is 0 Å². The van der Waals surface area contributed by atoms with Gasteiger partial charge < -0.3 is 8.98 Å². The number of hydrogen-bond acceptors (Lipinski definition) is 2. The second kappa shape index (κ2) is 7.44. The summed E-state index contributed by atoms with van der Waals surface area (Å²) in [6.07, 6.45) is 7.21. The van der Waals surface area contributed by atoms with Gasteiger partial charge in [-0.3, -0.25) is 0 Å².